The van der Waals surface area contributed by atoms with Crippen LogP contribution in [-0.2, 0) is 14.3 Å². The molecule has 20 heavy (non-hydrogen) atoms. The summed E-state index contributed by atoms with van der Waals surface area (Å²) >= 11 is 0. The molecule has 1 N–H and O–H groups in total. The molecule has 0 amide bonds. The van der Waals surface area contributed by atoms with Gasteiger partial charge in [-0.25, -0.2) is 0 Å². The number of alkyl halides is 3. The largest absolute Gasteiger partial charge is 0.481 e. The molecule has 0 aromatic carbocycles. The molecule has 0 radical (unpaired) electrons. The number of piperidine rings is 1. The zero-order chi connectivity index (χ0) is 15.0. The van der Waals surface area contributed by atoms with Crippen LogP contribution in [0.5, 0.6) is 0 Å². The number of nitrogens with zero attached hydrogens (tertiary/aromatic N) is 1. The van der Waals surface area contributed by atoms with E-state index >= 15 is 0 Å². The van der Waals surface area contributed by atoms with E-state index in [2.05, 4.69) is 4.74 Å². The van der Waals surface area contributed by atoms with Gasteiger partial charge in [-0.3, -0.25) is 4.79 Å². The highest BCUT2D eigenvalue weighted by Crippen LogP contribution is 2.15. The van der Waals surface area contributed by atoms with Crippen LogP contribution in [0.15, 0.2) is 0 Å². The Labute approximate surface area is 115 Å². The van der Waals surface area contributed by atoms with Crippen LogP contribution in [0, 0.1) is 0 Å². The SMILES string of the molecule is O=C(O)CCOC1CCN(CCOCC(F)(F)F)CC1. The zero-order valence-corrected chi connectivity index (χ0v) is 11.2. The number of hydrogen-bond donors (Lipinski definition) is 1. The molecule has 0 atom stereocenters. The molecule has 0 saturated carbocycles. The third-order valence-corrected chi connectivity index (χ3v) is 3.02. The standard InChI is InChI=1S/C12H20F3NO4/c13-12(14,15)9-19-8-6-16-4-1-10(2-5-16)20-7-3-11(17)18/h10H,1-9H2,(H,17,18). The quantitative estimate of drug-likeness (QED) is 0.689. The van der Waals surface area contributed by atoms with Crippen molar-refractivity contribution in [2.24, 2.45) is 0 Å². The van der Waals surface area contributed by atoms with Gasteiger partial charge in [-0.2, -0.15) is 13.2 Å². The third-order valence-electron chi connectivity index (χ3n) is 3.02. The Balaban J connectivity index is 2.03. The molecular formula is C12H20F3NO4. The molecule has 1 heterocycles. The first-order valence-electron chi connectivity index (χ1n) is 6.57. The molecule has 1 saturated heterocycles. The van der Waals surface area contributed by atoms with Crippen molar-refractivity contribution in [3.63, 3.8) is 0 Å². The van der Waals surface area contributed by atoms with Gasteiger partial charge < -0.3 is 19.5 Å². The maximum atomic E-state index is 11.9. The summed E-state index contributed by atoms with van der Waals surface area (Å²) in [5, 5.41) is 8.48. The Morgan fingerprint density at radius 3 is 2.45 bits per heavy atom. The fourth-order valence-corrected chi connectivity index (χ4v) is 1.99. The monoisotopic (exact) mass is 299 g/mol. The molecule has 1 rings (SSSR count). The molecule has 0 aromatic heterocycles. The van der Waals surface area contributed by atoms with Gasteiger partial charge in [0.25, 0.3) is 0 Å². The Hall–Kier alpha value is -0.860. The summed E-state index contributed by atoms with van der Waals surface area (Å²) in [5.41, 5.74) is 0. The second-order valence-electron chi connectivity index (χ2n) is 4.72. The van der Waals surface area contributed by atoms with Crippen molar-refractivity contribution < 1.29 is 32.5 Å². The second kappa shape index (κ2) is 8.43. The molecule has 0 bridgehead atoms. The Bertz CT molecular complexity index is 291. The van der Waals surface area contributed by atoms with E-state index < -0.39 is 18.8 Å². The Kier molecular flexibility index (Phi) is 7.25. The predicted octanol–water partition coefficient (Wildman–Crippen LogP) is 1.52. The topological polar surface area (TPSA) is 59.0 Å². The summed E-state index contributed by atoms with van der Waals surface area (Å²) < 4.78 is 45.5. The van der Waals surface area contributed by atoms with Gasteiger partial charge in [0.05, 0.1) is 25.7 Å². The van der Waals surface area contributed by atoms with Crippen molar-refractivity contribution in [1.29, 1.82) is 0 Å². The number of ether oxygens (including phenoxy) is 2. The van der Waals surface area contributed by atoms with Crippen LogP contribution in [0.3, 0.4) is 0 Å². The summed E-state index contributed by atoms with van der Waals surface area (Å²) in [6, 6.07) is 0. The highest BCUT2D eigenvalue weighted by atomic mass is 19.4. The maximum absolute atomic E-state index is 11.9. The summed E-state index contributed by atoms with van der Waals surface area (Å²) in [6.07, 6.45) is -2.71. The number of halogens is 3. The van der Waals surface area contributed by atoms with Gasteiger partial charge in [-0.05, 0) is 12.8 Å². The summed E-state index contributed by atoms with van der Waals surface area (Å²) in [4.78, 5) is 12.3. The molecule has 1 aliphatic heterocycles. The minimum Gasteiger partial charge on any atom is -0.481 e. The van der Waals surface area contributed by atoms with Crippen molar-refractivity contribution in [2.45, 2.75) is 31.5 Å². The summed E-state index contributed by atoms with van der Waals surface area (Å²) in [7, 11) is 0. The Morgan fingerprint density at radius 1 is 1.25 bits per heavy atom. The van der Waals surface area contributed by atoms with E-state index in [0.29, 0.717) is 6.54 Å². The number of carbonyl (C=O) groups is 1. The van der Waals surface area contributed by atoms with Crippen LogP contribution in [0.4, 0.5) is 13.2 Å². The fourth-order valence-electron chi connectivity index (χ4n) is 1.99. The van der Waals surface area contributed by atoms with Gasteiger partial charge in [0.1, 0.15) is 6.61 Å². The van der Waals surface area contributed by atoms with Gasteiger partial charge in [-0.15, -0.1) is 0 Å². The maximum Gasteiger partial charge on any atom is 0.411 e. The van der Waals surface area contributed by atoms with Gasteiger partial charge >= 0.3 is 12.1 Å². The van der Waals surface area contributed by atoms with Crippen LogP contribution in [0.1, 0.15) is 19.3 Å². The van der Waals surface area contributed by atoms with Crippen LogP contribution >= 0.6 is 0 Å². The highest BCUT2D eigenvalue weighted by Gasteiger charge is 2.27. The van der Waals surface area contributed by atoms with Crippen LogP contribution < -0.4 is 0 Å². The van der Waals surface area contributed by atoms with Gasteiger partial charge in [0.2, 0.25) is 0 Å². The lowest BCUT2D eigenvalue weighted by atomic mass is 10.1. The summed E-state index contributed by atoms with van der Waals surface area (Å²) in [6.45, 7) is 0.985. The van der Waals surface area contributed by atoms with Crippen molar-refractivity contribution in [3.8, 4) is 0 Å². The molecule has 1 aliphatic rings. The van der Waals surface area contributed by atoms with Gasteiger partial charge in [-0.1, -0.05) is 0 Å². The van der Waals surface area contributed by atoms with E-state index in [-0.39, 0.29) is 25.7 Å². The van der Waals surface area contributed by atoms with E-state index in [1.807, 2.05) is 4.90 Å². The minimum absolute atomic E-state index is 0.00844. The van der Waals surface area contributed by atoms with Gasteiger partial charge in [0.15, 0.2) is 0 Å². The van der Waals surface area contributed by atoms with E-state index in [1.165, 1.54) is 0 Å². The molecular weight excluding hydrogens is 279 g/mol. The molecule has 118 valence electrons. The first-order chi connectivity index (χ1) is 9.37. The predicted molar refractivity (Wildman–Crippen MR) is 64.5 cm³/mol. The zero-order valence-electron chi connectivity index (χ0n) is 11.2. The smallest absolute Gasteiger partial charge is 0.411 e. The number of carboxylic acids is 1. The molecule has 0 aliphatic carbocycles. The van der Waals surface area contributed by atoms with E-state index in [9.17, 15) is 18.0 Å². The highest BCUT2D eigenvalue weighted by molar-refractivity contribution is 5.66. The average Bonchev–Trinajstić information content (AvgIpc) is 2.35. The lowest BCUT2D eigenvalue weighted by Crippen LogP contribution is -2.39. The van der Waals surface area contributed by atoms with Crippen LogP contribution in [0.2, 0.25) is 0 Å². The van der Waals surface area contributed by atoms with Crippen molar-refractivity contribution in [1.82, 2.24) is 4.90 Å². The number of rotatable bonds is 8. The van der Waals surface area contributed by atoms with E-state index in [0.717, 1.165) is 25.9 Å². The Morgan fingerprint density at radius 2 is 1.90 bits per heavy atom. The molecule has 0 aromatic rings. The summed E-state index contributed by atoms with van der Waals surface area (Å²) in [5.74, 6) is -0.885. The number of likely N-dealkylation sites (tertiary alicyclic amines) is 1. The first-order valence-corrected chi connectivity index (χ1v) is 6.57. The normalized spacial score (nSPS) is 18.4. The third kappa shape index (κ3) is 8.34. The minimum atomic E-state index is -4.27. The van der Waals surface area contributed by atoms with Gasteiger partial charge in [0, 0.05) is 19.6 Å². The van der Waals surface area contributed by atoms with E-state index in [1.54, 1.807) is 0 Å². The van der Waals surface area contributed by atoms with Crippen molar-refractivity contribution in [2.75, 3.05) is 39.5 Å². The lowest BCUT2D eigenvalue weighted by molar-refractivity contribution is -0.174. The second-order valence-corrected chi connectivity index (χ2v) is 4.72. The van der Waals surface area contributed by atoms with E-state index in [4.69, 9.17) is 9.84 Å². The fraction of sp³-hybridized carbons (Fsp3) is 0.917. The number of hydrogen-bond acceptors (Lipinski definition) is 4. The average molecular weight is 299 g/mol. The molecule has 0 unspecified atom stereocenters. The van der Waals surface area contributed by atoms with Crippen LogP contribution in [0.25, 0.3) is 0 Å². The number of carboxylic acid groups (broad SMARTS) is 1. The molecule has 1 fully saturated rings. The molecule has 0 spiro atoms. The molecule has 5 nitrogen and oxygen atoms in total. The molecule has 8 heteroatoms. The first kappa shape index (κ1) is 17.2. The lowest BCUT2D eigenvalue weighted by Gasteiger charge is -2.31. The van der Waals surface area contributed by atoms with Crippen molar-refractivity contribution in [3.05, 3.63) is 0 Å². The van der Waals surface area contributed by atoms with Crippen molar-refractivity contribution >= 4 is 5.97 Å². The number of aliphatic carboxylic acids is 1. The van der Waals surface area contributed by atoms with Crippen LogP contribution in [-0.4, -0.2) is 67.7 Å².